The van der Waals surface area contributed by atoms with Crippen molar-refractivity contribution in [2.45, 2.75) is 56.9 Å². The first-order chi connectivity index (χ1) is 22.2. The molecule has 3 aliphatic rings. The predicted molar refractivity (Wildman–Crippen MR) is 170 cm³/mol. The number of halogens is 3. The Hall–Kier alpha value is -3.44. The third kappa shape index (κ3) is 6.40. The molecule has 47 heavy (non-hydrogen) atoms. The normalized spacial score (nSPS) is 20.4. The Labute approximate surface area is 271 Å². The molecule has 0 spiro atoms. The summed E-state index contributed by atoms with van der Waals surface area (Å²) in [5.41, 5.74) is 2.20. The summed E-state index contributed by atoms with van der Waals surface area (Å²) in [7, 11) is 1.80. The summed E-state index contributed by atoms with van der Waals surface area (Å²) < 4.78 is 76.4. The van der Waals surface area contributed by atoms with Gasteiger partial charge in [0.2, 0.25) is 10.0 Å². The van der Waals surface area contributed by atoms with Gasteiger partial charge in [-0.3, -0.25) is 13.8 Å². The minimum absolute atomic E-state index is 0.0143. The highest BCUT2D eigenvalue weighted by Crippen LogP contribution is 2.35. The zero-order chi connectivity index (χ0) is 33.8. The molecule has 0 saturated carbocycles. The highest BCUT2D eigenvalue weighted by Gasteiger charge is 2.34. The zero-order valence-corrected chi connectivity index (χ0v) is 27.6. The van der Waals surface area contributed by atoms with Gasteiger partial charge in [-0.2, -0.15) is 22.6 Å². The minimum Gasteiger partial charge on any atom is -0.390 e. The molecule has 256 valence electrons. The molecular weight excluding hydrogens is 639 g/mol. The van der Waals surface area contributed by atoms with E-state index in [9.17, 15) is 31.5 Å². The lowest BCUT2D eigenvalue weighted by Crippen LogP contribution is -2.43. The summed E-state index contributed by atoms with van der Waals surface area (Å²) in [5, 5.41) is 15.9. The third-order valence-electron chi connectivity index (χ3n) is 9.52. The van der Waals surface area contributed by atoms with E-state index in [1.807, 2.05) is 28.7 Å². The number of aliphatic hydroxyl groups excluding tert-OH is 1. The van der Waals surface area contributed by atoms with Crippen molar-refractivity contribution >= 4 is 21.9 Å². The van der Waals surface area contributed by atoms with Crippen LogP contribution in [0.25, 0.3) is 17.3 Å². The second kappa shape index (κ2) is 12.5. The van der Waals surface area contributed by atoms with Gasteiger partial charge in [0.25, 0.3) is 0 Å². The molecule has 3 aromatic rings. The highest BCUT2D eigenvalue weighted by atomic mass is 32.2. The number of rotatable bonds is 8. The lowest BCUT2D eigenvalue weighted by atomic mass is 10.0. The van der Waals surface area contributed by atoms with Crippen LogP contribution in [0, 0.1) is 0 Å². The standard InChI is InChI=1S/C31H40F3N7O5S/c1-36-26-9-10-27(46-3)37(2)29(26)41(30(36)43)22-11-14-38(15-12-22)17-23(42)18-40-25-13-16-39(47(4,44)45)19-24(25)28(35-40)20-5-7-21(8-6-20)31(32,33)34/h5-10,22-23,27,42H,11-19H2,1-4H3. The molecule has 1 aromatic carbocycles. The monoisotopic (exact) mass is 679 g/mol. The molecule has 0 bridgehead atoms. The van der Waals surface area contributed by atoms with Crippen LogP contribution in [0.15, 0.2) is 35.1 Å². The Morgan fingerprint density at radius 1 is 1.09 bits per heavy atom. The number of benzene rings is 1. The van der Waals surface area contributed by atoms with Gasteiger partial charge in [0.15, 0.2) is 0 Å². The van der Waals surface area contributed by atoms with Crippen molar-refractivity contribution in [1.82, 2.24) is 28.1 Å². The lowest BCUT2D eigenvalue weighted by Gasteiger charge is -2.36. The number of aliphatic hydroxyl groups is 1. The van der Waals surface area contributed by atoms with Crippen molar-refractivity contribution < 1.29 is 31.4 Å². The Bertz CT molecular complexity index is 1820. The molecule has 2 aromatic heterocycles. The van der Waals surface area contributed by atoms with Crippen molar-refractivity contribution in [3.8, 4) is 11.3 Å². The number of imidazole rings is 1. The average Bonchev–Trinajstić information content (AvgIpc) is 3.51. The number of nitrogens with zero attached hydrogens (tertiary/aromatic N) is 7. The molecule has 2 unspecified atom stereocenters. The molecule has 0 radical (unpaired) electrons. The number of likely N-dealkylation sites (N-methyl/N-ethyl adjacent to an activating group) is 1. The summed E-state index contributed by atoms with van der Waals surface area (Å²) in [6.45, 7) is 2.13. The number of anilines is 1. The van der Waals surface area contributed by atoms with Crippen LogP contribution in [0.5, 0.6) is 0 Å². The average molecular weight is 680 g/mol. The molecule has 6 rings (SSSR count). The van der Waals surface area contributed by atoms with Crippen LogP contribution in [0.1, 0.15) is 41.4 Å². The molecule has 2 atom stereocenters. The minimum atomic E-state index is -4.49. The summed E-state index contributed by atoms with van der Waals surface area (Å²) in [6, 6.07) is 4.64. The van der Waals surface area contributed by atoms with Gasteiger partial charge in [-0.15, -0.1) is 0 Å². The van der Waals surface area contributed by atoms with Gasteiger partial charge in [0.05, 0.1) is 35.9 Å². The number of likely N-dealkylation sites (tertiary alicyclic amines) is 1. The lowest BCUT2D eigenvalue weighted by molar-refractivity contribution is -0.137. The van der Waals surface area contributed by atoms with Gasteiger partial charge in [-0.25, -0.2) is 13.2 Å². The number of methoxy groups -OCH3 is 1. The van der Waals surface area contributed by atoms with Gasteiger partial charge < -0.3 is 19.6 Å². The number of ether oxygens (including phenoxy) is 1. The molecule has 5 heterocycles. The number of hydrogen-bond acceptors (Lipinski definition) is 8. The first-order valence-corrected chi connectivity index (χ1v) is 17.4. The van der Waals surface area contributed by atoms with E-state index in [0.717, 1.165) is 48.4 Å². The fourth-order valence-corrected chi connectivity index (χ4v) is 7.81. The SMILES string of the molecule is COC1C=Cc2c(n(C3CCN(CC(O)Cn4nc(-c5ccc(C(F)(F)F)cc5)c5c4CCN(S(C)(=O)=O)C5)CC3)c(=O)n2C)N1C. The molecule has 1 N–H and O–H groups in total. The zero-order valence-electron chi connectivity index (χ0n) is 26.8. The second-order valence-electron chi connectivity index (χ2n) is 12.6. The number of aromatic nitrogens is 4. The van der Waals surface area contributed by atoms with E-state index in [0.29, 0.717) is 42.9 Å². The van der Waals surface area contributed by atoms with E-state index in [1.165, 1.54) is 16.4 Å². The Morgan fingerprint density at radius 2 is 1.77 bits per heavy atom. The van der Waals surface area contributed by atoms with Crippen molar-refractivity contribution in [1.29, 1.82) is 0 Å². The number of hydrogen-bond donors (Lipinski definition) is 1. The van der Waals surface area contributed by atoms with Crippen LogP contribution < -0.4 is 10.6 Å². The number of fused-ring (bicyclic) bond motifs is 2. The number of alkyl halides is 3. The van der Waals surface area contributed by atoms with Crippen molar-refractivity contribution in [3.05, 3.63) is 63.3 Å². The van der Waals surface area contributed by atoms with Gasteiger partial charge in [0.1, 0.15) is 12.0 Å². The molecular formula is C31H40F3N7O5S. The van der Waals surface area contributed by atoms with E-state index in [2.05, 4.69) is 4.90 Å². The second-order valence-corrected chi connectivity index (χ2v) is 14.6. The molecule has 1 fully saturated rings. The van der Waals surface area contributed by atoms with Gasteiger partial charge in [0, 0.05) is 83.2 Å². The maximum absolute atomic E-state index is 13.3. The smallest absolute Gasteiger partial charge is 0.390 e. The van der Waals surface area contributed by atoms with Gasteiger partial charge in [-0.05, 0) is 37.1 Å². The van der Waals surface area contributed by atoms with E-state index in [4.69, 9.17) is 9.84 Å². The predicted octanol–water partition coefficient (Wildman–Crippen LogP) is 2.52. The number of sulfonamides is 1. The number of piperidine rings is 1. The van der Waals surface area contributed by atoms with Crippen LogP contribution in [-0.2, 0) is 47.5 Å². The molecule has 12 nitrogen and oxygen atoms in total. The van der Waals surface area contributed by atoms with Crippen LogP contribution in [0.3, 0.4) is 0 Å². The maximum Gasteiger partial charge on any atom is 0.416 e. The number of β-amino-alcohol motifs (C(OH)–C–C–N with tert-alkyl or cyclic N) is 1. The molecule has 16 heteroatoms. The Kier molecular flexibility index (Phi) is 8.93. The fourth-order valence-electron chi connectivity index (χ4n) is 7.02. The Morgan fingerprint density at radius 3 is 2.38 bits per heavy atom. The largest absolute Gasteiger partial charge is 0.416 e. The topological polar surface area (TPSA) is 118 Å². The summed E-state index contributed by atoms with van der Waals surface area (Å²) >= 11 is 0. The summed E-state index contributed by atoms with van der Waals surface area (Å²) in [5.74, 6) is 0.826. The van der Waals surface area contributed by atoms with Crippen LogP contribution >= 0.6 is 0 Å². The van der Waals surface area contributed by atoms with E-state index < -0.39 is 27.9 Å². The van der Waals surface area contributed by atoms with E-state index in [1.54, 1.807) is 23.4 Å². The van der Waals surface area contributed by atoms with E-state index >= 15 is 0 Å². The molecule has 0 aliphatic carbocycles. The van der Waals surface area contributed by atoms with Crippen molar-refractivity contribution in [2.75, 3.05) is 51.5 Å². The van der Waals surface area contributed by atoms with Crippen LogP contribution in [0.2, 0.25) is 0 Å². The first kappa shape index (κ1) is 33.5. The highest BCUT2D eigenvalue weighted by molar-refractivity contribution is 7.88. The van der Waals surface area contributed by atoms with Crippen molar-refractivity contribution in [2.24, 2.45) is 7.05 Å². The quantitative estimate of drug-likeness (QED) is 0.386. The molecule has 1 saturated heterocycles. The fraction of sp³-hybridized carbons (Fsp3) is 0.548. The van der Waals surface area contributed by atoms with E-state index in [-0.39, 0.29) is 37.6 Å². The summed E-state index contributed by atoms with van der Waals surface area (Å²) in [4.78, 5) is 17.4. The molecule has 0 amide bonds. The first-order valence-electron chi connectivity index (χ1n) is 15.5. The van der Waals surface area contributed by atoms with Crippen LogP contribution in [-0.4, -0.2) is 101 Å². The molecule has 3 aliphatic heterocycles. The third-order valence-corrected chi connectivity index (χ3v) is 10.8. The van der Waals surface area contributed by atoms with Crippen molar-refractivity contribution in [3.63, 3.8) is 0 Å². The summed E-state index contributed by atoms with van der Waals surface area (Å²) in [6.07, 6.45) is 1.19. The van der Waals surface area contributed by atoms with Gasteiger partial charge in [-0.1, -0.05) is 12.1 Å². The van der Waals surface area contributed by atoms with Crippen LogP contribution in [0.4, 0.5) is 19.0 Å². The Balaban J connectivity index is 1.17. The maximum atomic E-state index is 13.3. The van der Waals surface area contributed by atoms with Gasteiger partial charge >= 0.3 is 11.9 Å².